The van der Waals surface area contributed by atoms with Crippen LogP contribution in [0.3, 0.4) is 0 Å². The highest BCUT2D eigenvalue weighted by Crippen LogP contribution is 2.32. The van der Waals surface area contributed by atoms with Gasteiger partial charge in [-0.25, -0.2) is 4.39 Å². The van der Waals surface area contributed by atoms with Gasteiger partial charge in [0.1, 0.15) is 11.9 Å². The number of imide groups is 1. The van der Waals surface area contributed by atoms with Gasteiger partial charge in [0.2, 0.25) is 11.8 Å². The van der Waals surface area contributed by atoms with Crippen molar-refractivity contribution in [1.29, 1.82) is 0 Å². The average Bonchev–Trinajstić information content (AvgIpc) is 3.27. The molecule has 3 amide bonds. The van der Waals surface area contributed by atoms with Crippen molar-refractivity contribution in [3.63, 3.8) is 0 Å². The molecule has 1 N–H and O–H groups in total. The fraction of sp³-hybridized carbons (Fsp3) is 0.323. The average molecular weight is 527 g/mol. The summed E-state index contributed by atoms with van der Waals surface area (Å²) in [7, 11) is 0. The van der Waals surface area contributed by atoms with Gasteiger partial charge in [0.05, 0.1) is 11.6 Å². The number of fused-ring (bicyclic) bond motifs is 1. The second-order valence-electron chi connectivity index (χ2n) is 10.5. The van der Waals surface area contributed by atoms with Gasteiger partial charge in [0.25, 0.3) is 5.91 Å². The molecule has 0 spiro atoms. The van der Waals surface area contributed by atoms with Gasteiger partial charge in [-0.2, -0.15) is 0 Å². The molecule has 3 aliphatic rings. The van der Waals surface area contributed by atoms with Crippen LogP contribution in [0.4, 0.5) is 4.39 Å². The Bertz CT molecular complexity index is 1350. The Morgan fingerprint density at radius 2 is 1.51 bits per heavy atom. The van der Waals surface area contributed by atoms with E-state index in [2.05, 4.69) is 63.6 Å². The molecule has 3 heterocycles. The zero-order valence-electron chi connectivity index (χ0n) is 21.7. The number of hydrogen-bond donors (Lipinski definition) is 1. The van der Waals surface area contributed by atoms with E-state index in [1.54, 1.807) is 0 Å². The van der Waals surface area contributed by atoms with Crippen molar-refractivity contribution in [2.24, 2.45) is 0 Å². The lowest BCUT2D eigenvalue weighted by atomic mass is 9.96. The number of hydrogen-bond acceptors (Lipinski definition) is 5. The fourth-order valence-corrected chi connectivity index (χ4v) is 6.13. The minimum atomic E-state index is -0.749. The van der Waals surface area contributed by atoms with Crippen molar-refractivity contribution in [3.8, 4) is 0 Å². The first-order valence-corrected chi connectivity index (χ1v) is 13.5. The number of nitrogens with one attached hydrogen (secondary N) is 1. The van der Waals surface area contributed by atoms with Gasteiger partial charge in [0.15, 0.2) is 0 Å². The largest absolute Gasteiger partial charge is 0.322 e. The van der Waals surface area contributed by atoms with E-state index in [0.29, 0.717) is 12.1 Å². The van der Waals surface area contributed by atoms with Gasteiger partial charge in [-0.1, -0.05) is 66.7 Å². The Morgan fingerprint density at radius 3 is 2.13 bits per heavy atom. The van der Waals surface area contributed by atoms with Gasteiger partial charge in [-0.05, 0) is 34.7 Å². The fourth-order valence-electron chi connectivity index (χ4n) is 6.13. The van der Waals surface area contributed by atoms with E-state index in [-0.39, 0.29) is 36.9 Å². The summed E-state index contributed by atoms with van der Waals surface area (Å²) >= 11 is 0. The van der Waals surface area contributed by atoms with Gasteiger partial charge >= 0.3 is 0 Å². The molecule has 3 aromatic rings. The summed E-state index contributed by atoms with van der Waals surface area (Å²) in [6.45, 7) is 4.21. The van der Waals surface area contributed by atoms with E-state index < -0.39 is 23.7 Å². The summed E-state index contributed by atoms with van der Waals surface area (Å²) in [5, 5.41) is 2.29. The number of benzene rings is 3. The predicted octanol–water partition coefficient (Wildman–Crippen LogP) is 3.49. The summed E-state index contributed by atoms with van der Waals surface area (Å²) in [6.07, 6.45) is 0.432. The van der Waals surface area contributed by atoms with Crippen LogP contribution >= 0.6 is 0 Å². The topological polar surface area (TPSA) is 73.0 Å². The third-order valence-corrected chi connectivity index (χ3v) is 8.04. The van der Waals surface area contributed by atoms with Crippen LogP contribution in [-0.2, 0) is 22.7 Å². The first kappa shape index (κ1) is 25.4. The van der Waals surface area contributed by atoms with Crippen LogP contribution < -0.4 is 5.32 Å². The summed E-state index contributed by atoms with van der Waals surface area (Å²) in [6, 6.07) is 23.9. The van der Waals surface area contributed by atoms with Gasteiger partial charge in [0, 0.05) is 45.7 Å². The summed E-state index contributed by atoms with van der Waals surface area (Å²) < 4.78 is 15.2. The second kappa shape index (κ2) is 10.7. The van der Waals surface area contributed by atoms with Crippen LogP contribution in [0.2, 0.25) is 0 Å². The van der Waals surface area contributed by atoms with E-state index in [4.69, 9.17) is 0 Å². The molecule has 0 saturated carbocycles. The minimum Gasteiger partial charge on any atom is -0.322 e. The van der Waals surface area contributed by atoms with Crippen molar-refractivity contribution in [3.05, 3.63) is 106 Å². The monoisotopic (exact) mass is 526 g/mol. The molecule has 1 atom stereocenters. The molecule has 8 heteroatoms. The third-order valence-electron chi connectivity index (χ3n) is 8.04. The molecule has 1 unspecified atom stereocenters. The lowest BCUT2D eigenvalue weighted by Gasteiger charge is -2.40. The van der Waals surface area contributed by atoms with E-state index in [1.165, 1.54) is 22.1 Å². The molecule has 2 fully saturated rings. The number of nitrogens with zero attached hydrogens (tertiary/aromatic N) is 3. The number of amides is 3. The van der Waals surface area contributed by atoms with Crippen molar-refractivity contribution in [1.82, 2.24) is 20.0 Å². The molecule has 2 saturated heterocycles. The molecule has 39 heavy (non-hydrogen) atoms. The van der Waals surface area contributed by atoms with Crippen LogP contribution in [0, 0.1) is 5.82 Å². The lowest BCUT2D eigenvalue weighted by molar-refractivity contribution is -0.136. The maximum Gasteiger partial charge on any atom is 0.258 e. The number of carbonyl (C=O) groups excluding carboxylic acids is 3. The lowest BCUT2D eigenvalue weighted by Crippen LogP contribution is -2.52. The highest BCUT2D eigenvalue weighted by molar-refractivity contribution is 6.05. The van der Waals surface area contributed by atoms with Crippen LogP contribution in [0.25, 0.3) is 0 Å². The number of piperazine rings is 1. The van der Waals surface area contributed by atoms with Crippen molar-refractivity contribution in [2.75, 3.05) is 26.2 Å². The van der Waals surface area contributed by atoms with E-state index in [1.807, 2.05) is 18.2 Å². The Kier molecular flexibility index (Phi) is 6.97. The number of halogens is 1. The molecular formula is C31H31FN4O3. The molecular weight excluding hydrogens is 495 g/mol. The van der Waals surface area contributed by atoms with Gasteiger partial charge in [-0.15, -0.1) is 0 Å². The van der Waals surface area contributed by atoms with E-state index >= 15 is 4.39 Å². The third kappa shape index (κ3) is 5.10. The quantitative estimate of drug-likeness (QED) is 0.498. The van der Waals surface area contributed by atoms with Gasteiger partial charge in [-0.3, -0.25) is 29.5 Å². The molecule has 3 aliphatic heterocycles. The van der Waals surface area contributed by atoms with E-state index in [0.717, 1.165) is 31.7 Å². The second-order valence-corrected chi connectivity index (χ2v) is 10.5. The highest BCUT2D eigenvalue weighted by Gasteiger charge is 2.40. The first-order chi connectivity index (χ1) is 19.0. The van der Waals surface area contributed by atoms with Crippen molar-refractivity contribution in [2.45, 2.75) is 38.0 Å². The minimum absolute atomic E-state index is 0.0434. The number of piperidine rings is 1. The molecule has 200 valence electrons. The molecule has 0 aromatic heterocycles. The summed E-state index contributed by atoms with van der Waals surface area (Å²) in [5.74, 6) is -1.86. The highest BCUT2D eigenvalue weighted by atomic mass is 19.1. The van der Waals surface area contributed by atoms with Crippen LogP contribution in [-0.4, -0.2) is 64.6 Å². The smallest absolute Gasteiger partial charge is 0.258 e. The van der Waals surface area contributed by atoms with Crippen molar-refractivity contribution >= 4 is 17.7 Å². The van der Waals surface area contributed by atoms with Gasteiger partial charge < -0.3 is 4.90 Å². The van der Waals surface area contributed by atoms with Crippen LogP contribution in [0.1, 0.15) is 51.5 Å². The van der Waals surface area contributed by atoms with Crippen LogP contribution in [0.5, 0.6) is 0 Å². The zero-order chi connectivity index (χ0) is 26.9. The Labute approximate surface area is 227 Å². The van der Waals surface area contributed by atoms with E-state index in [9.17, 15) is 14.4 Å². The van der Waals surface area contributed by atoms with Crippen LogP contribution in [0.15, 0.2) is 72.8 Å². The molecule has 6 rings (SSSR count). The molecule has 7 nitrogen and oxygen atoms in total. The normalized spacial score (nSPS) is 20.4. The molecule has 0 bridgehead atoms. The number of carbonyl (C=O) groups is 3. The van der Waals surface area contributed by atoms with Crippen molar-refractivity contribution < 1.29 is 18.8 Å². The SMILES string of the molecule is O=C1CCC(N2Cc3cc(CN4CCN(C(c5ccccc5)c5ccccc5)CC4)cc(F)c3C2=O)C(=O)N1. The maximum atomic E-state index is 15.2. The standard InChI is InChI=1S/C31H31FN4O3/c32-25-18-21(17-24-20-36(31(39)28(24)25)26-11-12-27(37)33-30(26)38)19-34-13-15-35(16-14-34)29(22-7-3-1-4-8-22)23-9-5-2-6-10-23/h1-10,17-18,26,29H,11-16,19-20H2,(H,33,37,38). The molecule has 0 aliphatic carbocycles. The Hall–Kier alpha value is -3.88. The Morgan fingerprint density at radius 1 is 0.872 bits per heavy atom. The molecule has 3 aromatic carbocycles. The predicted molar refractivity (Wildman–Crippen MR) is 144 cm³/mol. The maximum absolute atomic E-state index is 15.2. The first-order valence-electron chi connectivity index (χ1n) is 13.5. The number of rotatable bonds is 6. The summed E-state index contributed by atoms with van der Waals surface area (Å²) in [4.78, 5) is 43.0. The Balaban J connectivity index is 1.13. The zero-order valence-corrected chi connectivity index (χ0v) is 21.7. The molecule has 0 radical (unpaired) electrons. The summed E-state index contributed by atoms with van der Waals surface area (Å²) in [5.41, 5.74) is 4.00.